The predicted molar refractivity (Wildman–Crippen MR) is 60.0 cm³/mol. The molecule has 76 valence electrons. The third-order valence-electron chi connectivity index (χ3n) is 1.72. The molecule has 0 spiro atoms. The molecule has 0 aromatic heterocycles. The Labute approximate surface area is 87.5 Å². The van der Waals surface area contributed by atoms with Crippen molar-refractivity contribution in [2.45, 2.75) is 46.2 Å². The lowest BCUT2D eigenvalue weighted by atomic mass is 10.3. The van der Waals surface area contributed by atoms with Gasteiger partial charge in [-0.05, 0) is 27.7 Å². The van der Waals surface area contributed by atoms with E-state index in [2.05, 4.69) is 38.4 Å². The van der Waals surface area contributed by atoms with E-state index in [1.165, 1.54) is 0 Å². The van der Waals surface area contributed by atoms with Crippen LogP contribution in [-0.2, 0) is 0 Å². The maximum Gasteiger partial charge on any atom is 0.0641 e. The van der Waals surface area contributed by atoms with Gasteiger partial charge in [0.05, 0.1) is 13.5 Å². The fourth-order valence-electron chi connectivity index (χ4n) is 1.36. The number of halogens is 1. The molecule has 0 aromatic rings. The van der Waals surface area contributed by atoms with E-state index in [1.54, 1.807) is 0 Å². The monoisotopic (exact) mass is 220 g/mol. The molecule has 0 aliphatic carbocycles. The van der Waals surface area contributed by atoms with Crippen molar-refractivity contribution in [1.82, 2.24) is 4.67 Å². The molecule has 0 saturated heterocycles. The zero-order valence-corrected chi connectivity index (χ0v) is 10.4. The summed E-state index contributed by atoms with van der Waals surface area (Å²) in [5.41, 5.74) is 0. The smallest absolute Gasteiger partial charge is 0.0641 e. The summed E-state index contributed by atoms with van der Waals surface area (Å²) >= 11 is 6.26. The van der Waals surface area contributed by atoms with E-state index < -0.39 is 7.43 Å². The first-order valence-electron chi connectivity index (χ1n) is 4.59. The summed E-state index contributed by atoms with van der Waals surface area (Å²) in [6.45, 7) is 8.57. The normalized spacial score (nSPS) is 13.8. The molecule has 0 aliphatic rings. The highest BCUT2D eigenvalue weighted by Crippen LogP contribution is 2.48. The molecule has 0 rings (SSSR count). The van der Waals surface area contributed by atoms with Crippen molar-refractivity contribution in [3.63, 3.8) is 0 Å². The SMILES string of the molecule is CC(C)N(C(C)C)P(Cl)CCC#N. The van der Waals surface area contributed by atoms with Crippen molar-refractivity contribution in [2.75, 3.05) is 6.16 Å². The third kappa shape index (κ3) is 4.81. The summed E-state index contributed by atoms with van der Waals surface area (Å²) in [6, 6.07) is 3.06. The Hall–Kier alpha value is 0.170. The van der Waals surface area contributed by atoms with Crippen LogP contribution >= 0.6 is 18.7 Å². The van der Waals surface area contributed by atoms with Crippen molar-refractivity contribution < 1.29 is 0 Å². The first kappa shape index (κ1) is 13.2. The number of hydrogen-bond donors (Lipinski definition) is 0. The molecule has 2 nitrogen and oxygen atoms in total. The highest BCUT2D eigenvalue weighted by molar-refractivity contribution is 7.82. The van der Waals surface area contributed by atoms with Crippen LogP contribution in [0.5, 0.6) is 0 Å². The van der Waals surface area contributed by atoms with Crippen molar-refractivity contribution >= 4 is 18.7 Å². The van der Waals surface area contributed by atoms with Crippen molar-refractivity contribution in [3.8, 4) is 6.07 Å². The standard InChI is InChI=1S/C9H18ClN2P/c1-8(2)12(9(3)4)13(10)7-5-6-11/h8-9H,5,7H2,1-4H3. The van der Waals surface area contributed by atoms with Gasteiger partial charge in [0.15, 0.2) is 0 Å². The van der Waals surface area contributed by atoms with Gasteiger partial charge in [0.25, 0.3) is 0 Å². The molecule has 1 unspecified atom stereocenters. The number of nitriles is 1. The van der Waals surface area contributed by atoms with Crippen molar-refractivity contribution in [2.24, 2.45) is 0 Å². The fourth-order valence-corrected chi connectivity index (χ4v) is 4.17. The van der Waals surface area contributed by atoms with Crippen LogP contribution in [0.1, 0.15) is 34.1 Å². The number of rotatable bonds is 5. The van der Waals surface area contributed by atoms with E-state index in [1.807, 2.05) is 0 Å². The molecule has 4 heteroatoms. The minimum absolute atomic E-state index is 0.460. The van der Waals surface area contributed by atoms with Crippen LogP contribution in [0.25, 0.3) is 0 Å². The summed E-state index contributed by atoms with van der Waals surface area (Å²) in [6.07, 6.45) is 1.37. The zero-order chi connectivity index (χ0) is 10.4. The Bertz CT molecular complexity index is 169. The molecule has 1 atom stereocenters. The Morgan fingerprint density at radius 3 is 2.08 bits per heavy atom. The predicted octanol–water partition coefficient (Wildman–Crippen LogP) is 3.57. The van der Waals surface area contributed by atoms with Crippen LogP contribution in [0.15, 0.2) is 0 Å². The molecule has 0 heterocycles. The van der Waals surface area contributed by atoms with E-state index in [0.717, 1.165) is 6.16 Å². The third-order valence-corrected chi connectivity index (χ3v) is 4.77. The van der Waals surface area contributed by atoms with Crippen LogP contribution in [0.3, 0.4) is 0 Å². The van der Waals surface area contributed by atoms with E-state index in [-0.39, 0.29) is 0 Å². The average molecular weight is 221 g/mol. The molecular formula is C9H18ClN2P. The van der Waals surface area contributed by atoms with Crippen LogP contribution in [0.4, 0.5) is 0 Å². The lowest BCUT2D eigenvalue weighted by Crippen LogP contribution is -2.31. The van der Waals surface area contributed by atoms with Gasteiger partial charge in [0.2, 0.25) is 0 Å². The topological polar surface area (TPSA) is 27.0 Å². The summed E-state index contributed by atoms with van der Waals surface area (Å²) in [5.74, 6) is 0. The molecule has 13 heavy (non-hydrogen) atoms. The molecule has 0 amide bonds. The van der Waals surface area contributed by atoms with Crippen LogP contribution in [0, 0.1) is 11.3 Å². The van der Waals surface area contributed by atoms with Gasteiger partial charge in [-0.1, -0.05) is 11.2 Å². The Morgan fingerprint density at radius 1 is 1.31 bits per heavy atom. The highest BCUT2D eigenvalue weighted by atomic mass is 35.7. The van der Waals surface area contributed by atoms with Gasteiger partial charge < -0.3 is 0 Å². The Balaban J connectivity index is 4.13. The van der Waals surface area contributed by atoms with Gasteiger partial charge in [-0.25, -0.2) is 0 Å². The van der Waals surface area contributed by atoms with E-state index >= 15 is 0 Å². The minimum Gasteiger partial charge on any atom is -0.265 e. The first-order valence-corrected chi connectivity index (χ1v) is 6.97. The molecule has 0 fully saturated rings. The summed E-state index contributed by atoms with van der Waals surface area (Å²) in [5, 5.41) is 8.46. The number of nitrogens with zero attached hydrogens (tertiary/aromatic N) is 2. The van der Waals surface area contributed by atoms with E-state index in [4.69, 9.17) is 16.5 Å². The van der Waals surface area contributed by atoms with E-state index in [0.29, 0.717) is 18.5 Å². The van der Waals surface area contributed by atoms with Crippen molar-refractivity contribution in [1.29, 1.82) is 5.26 Å². The van der Waals surface area contributed by atoms with Gasteiger partial charge in [-0.2, -0.15) is 5.26 Å². The maximum absolute atomic E-state index is 8.46. The molecule has 0 radical (unpaired) electrons. The largest absolute Gasteiger partial charge is 0.265 e. The van der Waals surface area contributed by atoms with Crippen molar-refractivity contribution in [3.05, 3.63) is 0 Å². The zero-order valence-electron chi connectivity index (χ0n) is 8.79. The first-order chi connectivity index (χ1) is 6.00. The quantitative estimate of drug-likeness (QED) is 0.663. The van der Waals surface area contributed by atoms with Crippen LogP contribution < -0.4 is 0 Å². The minimum atomic E-state index is -0.646. The van der Waals surface area contributed by atoms with Gasteiger partial charge in [0, 0.05) is 24.7 Å². The molecule has 0 saturated carbocycles. The lowest BCUT2D eigenvalue weighted by molar-refractivity contribution is 0.326. The highest BCUT2D eigenvalue weighted by Gasteiger charge is 2.21. The van der Waals surface area contributed by atoms with Gasteiger partial charge in [-0.3, -0.25) is 4.67 Å². The van der Waals surface area contributed by atoms with E-state index in [9.17, 15) is 0 Å². The van der Waals surface area contributed by atoms with Gasteiger partial charge in [-0.15, -0.1) is 0 Å². The lowest BCUT2D eigenvalue weighted by Gasteiger charge is -2.33. The summed E-state index contributed by atoms with van der Waals surface area (Å²) in [7, 11) is -0.646. The summed E-state index contributed by atoms with van der Waals surface area (Å²) in [4.78, 5) is 0. The maximum atomic E-state index is 8.46. The number of hydrogen-bond acceptors (Lipinski definition) is 2. The average Bonchev–Trinajstić information content (AvgIpc) is 1.99. The fraction of sp³-hybridized carbons (Fsp3) is 0.889. The molecule has 0 bridgehead atoms. The van der Waals surface area contributed by atoms with Crippen LogP contribution in [-0.4, -0.2) is 22.9 Å². The van der Waals surface area contributed by atoms with Crippen LogP contribution in [0.2, 0.25) is 0 Å². The Kier molecular flexibility index (Phi) is 6.68. The Morgan fingerprint density at radius 2 is 1.77 bits per heavy atom. The second kappa shape index (κ2) is 6.60. The van der Waals surface area contributed by atoms with Gasteiger partial charge in [0.1, 0.15) is 0 Å². The second-order valence-corrected chi connectivity index (χ2v) is 6.29. The molecular weight excluding hydrogens is 203 g/mol. The summed E-state index contributed by atoms with van der Waals surface area (Å²) < 4.78 is 2.29. The molecule has 0 aromatic carbocycles. The molecule has 0 aliphatic heterocycles. The second-order valence-electron chi connectivity index (χ2n) is 3.54. The van der Waals surface area contributed by atoms with Gasteiger partial charge >= 0.3 is 0 Å². The molecule has 0 N–H and O–H groups in total.